The lowest BCUT2D eigenvalue weighted by Gasteiger charge is -2.35. The Balaban J connectivity index is 1.82. The second-order valence-corrected chi connectivity index (χ2v) is 7.12. The predicted octanol–water partition coefficient (Wildman–Crippen LogP) is 1.67. The van der Waals surface area contributed by atoms with Crippen molar-refractivity contribution in [2.24, 2.45) is 5.92 Å². The van der Waals surface area contributed by atoms with Gasteiger partial charge in [-0.25, -0.2) is 0 Å². The molecule has 1 aromatic carbocycles. The van der Waals surface area contributed by atoms with Crippen molar-refractivity contribution in [1.29, 1.82) is 0 Å². The Kier molecular flexibility index (Phi) is 7.36. The number of nitrogens with zero attached hydrogens (tertiary/aromatic N) is 2. The standard InChI is InChI=1S/C20H29N3O4/c1-14-5-7-17(8-6-14)21-18(24)13-22(3)19(25)15(2)23-11-9-16(10-12-23)20(26)27-4/h5-8,15-16H,9-13H2,1-4H3,(H,21,24)/t15-/m1/s1. The number of hydrogen-bond acceptors (Lipinski definition) is 5. The summed E-state index contributed by atoms with van der Waals surface area (Å²) in [7, 11) is 3.03. The zero-order valence-corrected chi connectivity index (χ0v) is 16.5. The average molecular weight is 375 g/mol. The molecule has 1 aliphatic rings. The molecular weight excluding hydrogens is 346 g/mol. The van der Waals surface area contributed by atoms with Crippen LogP contribution in [0.4, 0.5) is 5.69 Å². The van der Waals surface area contributed by atoms with Crippen LogP contribution in [0.25, 0.3) is 0 Å². The molecule has 2 amide bonds. The summed E-state index contributed by atoms with van der Waals surface area (Å²) in [5.41, 5.74) is 1.83. The van der Waals surface area contributed by atoms with E-state index in [0.29, 0.717) is 31.6 Å². The Hall–Kier alpha value is -2.41. The summed E-state index contributed by atoms with van der Waals surface area (Å²) in [6, 6.07) is 7.18. The first-order valence-corrected chi connectivity index (χ1v) is 9.25. The maximum Gasteiger partial charge on any atom is 0.308 e. The van der Waals surface area contributed by atoms with Crippen molar-refractivity contribution in [3.05, 3.63) is 29.8 Å². The fourth-order valence-electron chi connectivity index (χ4n) is 3.29. The molecule has 0 saturated carbocycles. The molecule has 1 fully saturated rings. The normalized spacial score (nSPS) is 16.4. The molecular formula is C20H29N3O4. The molecule has 1 N–H and O–H groups in total. The first kappa shape index (κ1) is 20.9. The van der Waals surface area contributed by atoms with Crippen molar-refractivity contribution in [3.63, 3.8) is 0 Å². The summed E-state index contributed by atoms with van der Waals surface area (Å²) >= 11 is 0. The van der Waals surface area contributed by atoms with Crippen molar-refractivity contribution in [2.75, 3.05) is 39.1 Å². The first-order chi connectivity index (χ1) is 12.8. The molecule has 148 valence electrons. The number of likely N-dealkylation sites (tertiary alicyclic amines) is 1. The largest absolute Gasteiger partial charge is 0.469 e. The maximum absolute atomic E-state index is 12.7. The minimum Gasteiger partial charge on any atom is -0.469 e. The Morgan fingerprint density at radius 3 is 2.37 bits per heavy atom. The van der Waals surface area contributed by atoms with Crippen LogP contribution in [0.5, 0.6) is 0 Å². The first-order valence-electron chi connectivity index (χ1n) is 9.25. The van der Waals surface area contributed by atoms with Gasteiger partial charge in [0.1, 0.15) is 0 Å². The van der Waals surface area contributed by atoms with Crippen LogP contribution in [-0.2, 0) is 19.1 Å². The minimum atomic E-state index is -0.333. The summed E-state index contributed by atoms with van der Waals surface area (Å²) in [4.78, 5) is 40.0. The fourth-order valence-corrected chi connectivity index (χ4v) is 3.29. The van der Waals surface area contributed by atoms with Crippen molar-refractivity contribution < 1.29 is 19.1 Å². The Morgan fingerprint density at radius 2 is 1.81 bits per heavy atom. The number of nitrogens with one attached hydrogen (secondary N) is 1. The number of hydrogen-bond donors (Lipinski definition) is 1. The zero-order chi connectivity index (χ0) is 20.0. The highest BCUT2D eigenvalue weighted by atomic mass is 16.5. The van der Waals surface area contributed by atoms with E-state index in [-0.39, 0.29) is 36.3 Å². The number of piperidine rings is 1. The van der Waals surface area contributed by atoms with Crippen LogP contribution < -0.4 is 5.32 Å². The molecule has 2 rings (SSSR count). The maximum atomic E-state index is 12.7. The quantitative estimate of drug-likeness (QED) is 0.765. The van der Waals surface area contributed by atoms with Crippen LogP contribution in [0.1, 0.15) is 25.3 Å². The third kappa shape index (κ3) is 5.79. The Bertz CT molecular complexity index is 666. The molecule has 0 radical (unpaired) electrons. The molecule has 1 saturated heterocycles. The lowest BCUT2D eigenvalue weighted by Crippen LogP contribution is -2.50. The Labute approximate surface area is 160 Å². The SMILES string of the molecule is COC(=O)C1CCN([C@H](C)C(=O)N(C)CC(=O)Nc2ccc(C)cc2)CC1. The van der Waals surface area contributed by atoms with E-state index in [1.807, 2.05) is 38.1 Å². The lowest BCUT2D eigenvalue weighted by atomic mass is 9.96. The van der Waals surface area contributed by atoms with Crippen LogP contribution in [0, 0.1) is 12.8 Å². The summed E-state index contributed by atoms with van der Waals surface area (Å²) in [5.74, 6) is -0.609. The fraction of sp³-hybridized carbons (Fsp3) is 0.550. The van der Waals surface area contributed by atoms with E-state index in [1.165, 1.54) is 12.0 Å². The number of carbonyl (C=O) groups is 3. The topological polar surface area (TPSA) is 79.0 Å². The van der Waals surface area contributed by atoms with Gasteiger partial charge in [-0.3, -0.25) is 19.3 Å². The van der Waals surface area contributed by atoms with Crippen LogP contribution in [0.15, 0.2) is 24.3 Å². The van der Waals surface area contributed by atoms with E-state index in [0.717, 1.165) is 5.56 Å². The van der Waals surface area contributed by atoms with Crippen molar-refractivity contribution in [2.45, 2.75) is 32.7 Å². The number of likely N-dealkylation sites (N-methyl/N-ethyl adjacent to an activating group) is 1. The van der Waals surface area contributed by atoms with E-state index in [4.69, 9.17) is 4.74 Å². The number of aryl methyl sites for hydroxylation is 1. The van der Waals surface area contributed by atoms with Gasteiger partial charge in [0.2, 0.25) is 11.8 Å². The van der Waals surface area contributed by atoms with E-state index >= 15 is 0 Å². The predicted molar refractivity (Wildman–Crippen MR) is 103 cm³/mol. The molecule has 7 heteroatoms. The number of ether oxygens (including phenoxy) is 1. The van der Waals surface area contributed by atoms with Gasteiger partial charge in [-0.1, -0.05) is 17.7 Å². The van der Waals surface area contributed by atoms with Crippen LogP contribution in [-0.4, -0.2) is 67.4 Å². The monoisotopic (exact) mass is 375 g/mol. The average Bonchev–Trinajstić information content (AvgIpc) is 2.68. The molecule has 0 aliphatic carbocycles. The van der Waals surface area contributed by atoms with Gasteiger partial charge in [-0.05, 0) is 51.9 Å². The van der Waals surface area contributed by atoms with Crippen LogP contribution in [0.3, 0.4) is 0 Å². The Morgan fingerprint density at radius 1 is 1.22 bits per heavy atom. The summed E-state index contributed by atoms with van der Waals surface area (Å²) in [6.07, 6.45) is 1.36. The van der Waals surface area contributed by atoms with Crippen molar-refractivity contribution in [3.8, 4) is 0 Å². The van der Waals surface area contributed by atoms with Gasteiger partial charge in [-0.2, -0.15) is 0 Å². The van der Waals surface area contributed by atoms with Crippen molar-refractivity contribution in [1.82, 2.24) is 9.80 Å². The highest BCUT2D eigenvalue weighted by Crippen LogP contribution is 2.20. The smallest absolute Gasteiger partial charge is 0.308 e. The zero-order valence-electron chi connectivity index (χ0n) is 16.5. The summed E-state index contributed by atoms with van der Waals surface area (Å²) in [5, 5.41) is 2.80. The van der Waals surface area contributed by atoms with Gasteiger partial charge in [0.25, 0.3) is 0 Å². The molecule has 1 atom stereocenters. The molecule has 1 aliphatic heterocycles. The van der Waals surface area contributed by atoms with Gasteiger partial charge in [0.15, 0.2) is 0 Å². The third-order valence-corrected chi connectivity index (χ3v) is 5.06. The highest BCUT2D eigenvalue weighted by molar-refractivity contribution is 5.95. The van der Waals surface area contributed by atoms with Gasteiger partial charge >= 0.3 is 5.97 Å². The number of amides is 2. The van der Waals surface area contributed by atoms with Gasteiger partial charge < -0.3 is 15.0 Å². The summed E-state index contributed by atoms with van der Waals surface area (Å²) < 4.78 is 4.79. The highest BCUT2D eigenvalue weighted by Gasteiger charge is 2.31. The number of rotatable bonds is 6. The van der Waals surface area contributed by atoms with E-state index < -0.39 is 0 Å². The molecule has 1 heterocycles. The van der Waals surface area contributed by atoms with Crippen LogP contribution >= 0.6 is 0 Å². The van der Waals surface area contributed by atoms with Gasteiger partial charge in [0.05, 0.1) is 25.6 Å². The number of carbonyl (C=O) groups excluding carboxylic acids is 3. The molecule has 27 heavy (non-hydrogen) atoms. The second-order valence-electron chi connectivity index (χ2n) is 7.12. The molecule has 1 aromatic rings. The van der Waals surface area contributed by atoms with E-state index in [2.05, 4.69) is 10.2 Å². The van der Waals surface area contributed by atoms with E-state index in [1.54, 1.807) is 7.05 Å². The molecule has 0 aromatic heterocycles. The van der Waals surface area contributed by atoms with Crippen molar-refractivity contribution >= 4 is 23.5 Å². The second kappa shape index (κ2) is 9.50. The minimum absolute atomic E-state index is 0.00429. The number of anilines is 1. The molecule has 0 unspecified atom stereocenters. The van der Waals surface area contributed by atoms with Crippen LogP contribution in [0.2, 0.25) is 0 Å². The molecule has 0 bridgehead atoms. The molecule has 0 spiro atoms. The van der Waals surface area contributed by atoms with Gasteiger partial charge in [-0.15, -0.1) is 0 Å². The number of methoxy groups -OCH3 is 1. The summed E-state index contributed by atoms with van der Waals surface area (Å²) in [6.45, 7) is 5.14. The number of esters is 1. The molecule has 7 nitrogen and oxygen atoms in total. The lowest BCUT2D eigenvalue weighted by molar-refractivity contribution is -0.147. The third-order valence-electron chi connectivity index (χ3n) is 5.06. The number of benzene rings is 1. The van der Waals surface area contributed by atoms with E-state index in [9.17, 15) is 14.4 Å². The van der Waals surface area contributed by atoms with Gasteiger partial charge in [0, 0.05) is 12.7 Å².